The lowest BCUT2D eigenvalue weighted by Crippen LogP contribution is -2.46. The van der Waals surface area contributed by atoms with E-state index in [-0.39, 0.29) is 41.6 Å². The average molecular weight is 904 g/mol. The highest BCUT2D eigenvalue weighted by molar-refractivity contribution is 8.14. The summed E-state index contributed by atoms with van der Waals surface area (Å²) in [5.41, 5.74) is 2.91. The van der Waals surface area contributed by atoms with E-state index >= 15 is 0 Å². The molecule has 2 aromatic heterocycles. The highest BCUT2D eigenvalue weighted by Crippen LogP contribution is 2.61. The van der Waals surface area contributed by atoms with Crippen LogP contribution in [0.4, 0.5) is 5.82 Å². The first-order valence-corrected chi connectivity index (χ1v) is 22.8. The molecule has 326 valence electrons. The number of hydrogen-bond donors (Lipinski definition) is 9. The molecule has 0 radical (unpaired) electrons. The first kappa shape index (κ1) is 49.4. The number of fused-ring (bicyclic) bond motifs is 1. The Bertz CT molecular complexity index is 1980. The lowest BCUT2D eigenvalue weighted by atomic mass is 9.87. The molecule has 10 N–H and O–H groups in total. The first-order chi connectivity index (χ1) is 26.9. The summed E-state index contributed by atoms with van der Waals surface area (Å²) in [7, 11) is -16.5. The van der Waals surface area contributed by atoms with Gasteiger partial charge in [0.05, 0.1) is 19.5 Å². The SMILES string of the molecule is C=C/C=C(\CCC)C(=O)SCCNC(=O)CCNC(=O)C(O)C(C)(C)COP(=O)(O)OP(=O)(O)OCC1OC(C)(n2cnc3c(N)ncnc32)C(O)C1OP(=O)(O)O. The molecule has 58 heavy (non-hydrogen) atoms. The third kappa shape index (κ3) is 13.8. The minimum absolute atomic E-state index is 0.0173. The topological polar surface area (TPSA) is 364 Å². The van der Waals surface area contributed by atoms with Crippen LogP contribution in [0, 0.1) is 5.41 Å². The second-order valence-corrected chi connectivity index (χ2v) is 18.7. The molecule has 0 bridgehead atoms. The molecule has 0 saturated carbocycles. The normalized spacial score (nSPS) is 22.9. The van der Waals surface area contributed by atoms with Crippen molar-refractivity contribution in [3.63, 3.8) is 0 Å². The van der Waals surface area contributed by atoms with Crippen LogP contribution in [0.5, 0.6) is 0 Å². The molecule has 1 aliphatic heterocycles. The molecule has 1 aliphatic rings. The number of carbonyl (C=O) groups excluding carboxylic acids is 3. The van der Waals surface area contributed by atoms with Gasteiger partial charge in [-0.15, -0.1) is 0 Å². The fourth-order valence-corrected chi connectivity index (χ4v) is 8.91. The second kappa shape index (κ2) is 20.5. The third-order valence-corrected chi connectivity index (χ3v) is 12.4. The Morgan fingerprint density at radius 2 is 1.78 bits per heavy atom. The number of thioether (sulfide) groups is 1. The molecule has 7 unspecified atom stereocenters. The van der Waals surface area contributed by atoms with Gasteiger partial charge in [0.25, 0.3) is 0 Å². The number of aliphatic hydroxyl groups is 2. The number of phosphoric acid groups is 3. The zero-order valence-corrected chi connectivity index (χ0v) is 35.3. The molecular weight excluding hydrogens is 855 g/mol. The van der Waals surface area contributed by atoms with Gasteiger partial charge in [0.15, 0.2) is 17.2 Å². The van der Waals surface area contributed by atoms with Crippen molar-refractivity contribution >= 4 is 69.1 Å². The molecule has 1 saturated heterocycles. The van der Waals surface area contributed by atoms with E-state index in [2.05, 4.69) is 36.5 Å². The van der Waals surface area contributed by atoms with Crippen LogP contribution in [0.2, 0.25) is 0 Å². The molecule has 3 rings (SSSR count). The third-order valence-electron chi connectivity index (χ3n) is 8.32. The van der Waals surface area contributed by atoms with Crippen molar-refractivity contribution in [2.45, 2.75) is 77.1 Å². The predicted octanol–water partition coefficient (Wildman–Crippen LogP) is 0.751. The van der Waals surface area contributed by atoms with Crippen LogP contribution in [0.15, 0.2) is 37.0 Å². The maximum absolute atomic E-state index is 12.8. The second-order valence-electron chi connectivity index (χ2n) is 13.4. The van der Waals surface area contributed by atoms with Gasteiger partial charge in [0.1, 0.15) is 36.3 Å². The number of aliphatic hydroxyl groups excluding tert-OH is 2. The van der Waals surface area contributed by atoms with Crippen molar-refractivity contribution in [1.82, 2.24) is 30.2 Å². The molecule has 2 amide bonds. The summed E-state index contributed by atoms with van der Waals surface area (Å²) in [6.07, 6.45) is -0.967. The lowest BCUT2D eigenvalue weighted by molar-refractivity contribution is -0.137. The molecule has 0 aromatic carbocycles. The molecule has 1 fully saturated rings. The number of allylic oxidation sites excluding steroid dienone is 2. The summed E-state index contributed by atoms with van der Waals surface area (Å²) in [5, 5.41) is 26.6. The summed E-state index contributed by atoms with van der Waals surface area (Å²) < 4.78 is 62.7. The predicted molar refractivity (Wildman–Crippen MR) is 205 cm³/mol. The van der Waals surface area contributed by atoms with Gasteiger partial charge in [-0.1, -0.05) is 57.7 Å². The van der Waals surface area contributed by atoms with Crippen molar-refractivity contribution in [3.05, 3.63) is 37.0 Å². The molecule has 0 spiro atoms. The summed E-state index contributed by atoms with van der Waals surface area (Å²) in [5.74, 6) is -1.17. The minimum atomic E-state index is -5.60. The van der Waals surface area contributed by atoms with Crippen LogP contribution < -0.4 is 16.4 Å². The summed E-state index contributed by atoms with van der Waals surface area (Å²) >= 11 is 1.04. The van der Waals surface area contributed by atoms with Gasteiger partial charge in [-0.2, -0.15) is 4.31 Å². The Hall–Kier alpha value is -2.96. The number of ether oxygens (including phenoxy) is 1. The highest BCUT2D eigenvalue weighted by Gasteiger charge is 2.57. The van der Waals surface area contributed by atoms with Crippen LogP contribution in [-0.4, -0.2) is 123 Å². The van der Waals surface area contributed by atoms with Crippen molar-refractivity contribution < 1.29 is 80.5 Å². The molecule has 2 aromatic rings. The van der Waals surface area contributed by atoms with Gasteiger partial charge in [0.2, 0.25) is 16.9 Å². The maximum Gasteiger partial charge on any atom is 0.481 e. The lowest BCUT2D eigenvalue weighted by Gasteiger charge is -2.30. The number of nitrogens with two attached hydrogens (primary N) is 1. The molecule has 24 nitrogen and oxygen atoms in total. The largest absolute Gasteiger partial charge is 0.481 e. The number of nitrogens with one attached hydrogen (secondary N) is 2. The van der Waals surface area contributed by atoms with E-state index in [4.69, 9.17) is 24.0 Å². The number of carbonyl (C=O) groups is 3. The monoisotopic (exact) mass is 903 g/mol. The minimum Gasteiger partial charge on any atom is -0.385 e. The van der Waals surface area contributed by atoms with Crippen molar-refractivity contribution in [2.24, 2.45) is 5.41 Å². The number of rotatable bonds is 23. The van der Waals surface area contributed by atoms with Crippen LogP contribution >= 0.6 is 35.2 Å². The summed E-state index contributed by atoms with van der Waals surface area (Å²) in [6.45, 7) is 7.20. The van der Waals surface area contributed by atoms with Gasteiger partial charge in [-0.05, 0) is 13.3 Å². The van der Waals surface area contributed by atoms with Crippen LogP contribution in [0.25, 0.3) is 11.2 Å². The van der Waals surface area contributed by atoms with Crippen LogP contribution in [-0.2, 0) is 56.4 Å². The number of nitrogen functional groups attached to an aromatic ring is 1. The molecule has 7 atom stereocenters. The van der Waals surface area contributed by atoms with Crippen molar-refractivity contribution in [2.75, 3.05) is 37.8 Å². The van der Waals surface area contributed by atoms with Gasteiger partial charge in [0, 0.05) is 36.3 Å². The van der Waals surface area contributed by atoms with Crippen molar-refractivity contribution in [1.29, 1.82) is 0 Å². The Kier molecular flexibility index (Phi) is 17.5. The highest BCUT2D eigenvalue weighted by atomic mass is 32.2. The van der Waals surface area contributed by atoms with E-state index in [1.54, 1.807) is 6.08 Å². The number of anilines is 1. The van der Waals surface area contributed by atoms with E-state index in [0.29, 0.717) is 17.7 Å². The fraction of sp³-hybridized carbons (Fsp3) is 0.600. The van der Waals surface area contributed by atoms with Gasteiger partial charge in [-0.3, -0.25) is 32.5 Å². The molecular formula is C30H48N7O17P3S. The fourth-order valence-electron chi connectivity index (χ4n) is 5.34. The van der Waals surface area contributed by atoms with E-state index in [1.807, 2.05) is 6.92 Å². The number of phosphoric ester groups is 3. The Labute approximate surface area is 336 Å². The Balaban J connectivity index is 1.51. The maximum atomic E-state index is 12.8. The van der Waals surface area contributed by atoms with Crippen molar-refractivity contribution in [3.8, 4) is 0 Å². The number of amides is 2. The Morgan fingerprint density at radius 1 is 1.10 bits per heavy atom. The quantitative estimate of drug-likeness (QED) is 0.0321. The van der Waals surface area contributed by atoms with Gasteiger partial charge in [-0.25, -0.2) is 28.6 Å². The van der Waals surface area contributed by atoms with E-state index < -0.39 is 84.1 Å². The molecule has 0 aliphatic carbocycles. The zero-order chi connectivity index (χ0) is 43.7. The van der Waals surface area contributed by atoms with E-state index in [9.17, 15) is 57.9 Å². The smallest absolute Gasteiger partial charge is 0.385 e. The first-order valence-electron chi connectivity index (χ1n) is 17.3. The average Bonchev–Trinajstić information content (AvgIpc) is 3.67. The summed E-state index contributed by atoms with van der Waals surface area (Å²) in [4.78, 5) is 88.4. The summed E-state index contributed by atoms with van der Waals surface area (Å²) in [6, 6.07) is 0. The number of imidazole rings is 1. The van der Waals surface area contributed by atoms with Gasteiger partial charge < -0.3 is 50.9 Å². The van der Waals surface area contributed by atoms with Crippen LogP contribution in [0.3, 0.4) is 0 Å². The van der Waals surface area contributed by atoms with E-state index in [0.717, 1.165) is 35.4 Å². The molecule has 28 heteroatoms. The number of aromatic nitrogens is 4. The van der Waals surface area contributed by atoms with E-state index in [1.165, 1.54) is 26.8 Å². The Morgan fingerprint density at radius 3 is 2.41 bits per heavy atom. The van der Waals surface area contributed by atoms with Crippen LogP contribution in [0.1, 0.15) is 47.0 Å². The zero-order valence-electron chi connectivity index (χ0n) is 31.8. The number of nitrogens with zero attached hydrogens (tertiary/aromatic N) is 4. The molecule has 3 heterocycles. The standard InChI is InChI=1S/C30H48N7O17P3S/c1-6-8-18(9-7-2)28(42)58-13-12-32-20(38)10-11-33-27(41)24(40)29(3,4)15-51-57(48,49)54-56(46,47)50-14-19-22(53-55(43,44)45)23(39)30(5,52-19)37-17-36-21-25(31)34-16-35-26(21)37/h6,8,16-17,19,22-24,39-40H,1,7,9-15H2,2-5H3,(H,32,38)(H,33,41)(H,46,47)(H,48,49)(H2,31,34,35)(H2,43,44,45)/b18-8+. The van der Waals surface area contributed by atoms with Gasteiger partial charge >= 0.3 is 23.5 Å². The number of hydrogen-bond acceptors (Lipinski definition) is 18.